The van der Waals surface area contributed by atoms with Crippen molar-refractivity contribution in [1.29, 1.82) is 0 Å². The Morgan fingerprint density at radius 2 is 1.91 bits per heavy atom. The first-order valence-corrected chi connectivity index (χ1v) is 7.54. The van der Waals surface area contributed by atoms with Gasteiger partial charge in [-0.15, -0.1) is 0 Å². The van der Waals surface area contributed by atoms with Crippen LogP contribution in [-0.4, -0.2) is 30.8 Å². The van der Waals surface area contributed by atoms with E-state index < -0.39 is 0 Å². The topological polar surface area (TPSA) is 38.8 Å². The molecule has 3 rings (SSSR count). The molecule has 5 heteroatoms. The third kappa shape index (κ3) is 3.87. The van der Waals surface area contributed by atoms with Gasteiger partial charge in [0.25, 0.3) is 0 Å². The molecule has 120 valence electrons. The summed E-state index contributed by atoms with van der Waals surface area (Å²) < 4.78 is 23.9. The van der Waals surface area contributed by atoms with Gasteiger partial charge in [-0.05, 0) is 23.3 Å². The molecule has 2 aromatic rings. The lowest BCUT2D eigenvalue weighted by Crippen LogP contribution is -2.43. The monoisotopic (exact) mass is 315 g/mol. The molecule has 0 spiro atoms. The summed E-state index contributed by atoms with van der Waals surface area (Å²) in [6.07, 6.45) is -0.383. The third-order valence-electron chi connectivity index (χ3n) is 3.82. The van der Waals surface area contributed by atoms with E-state index in [-0.39, 0.29) is 24.6 Å². The van der Waals surface area contributed by atoms with Gasteiger partial charge in [0.15, 0.2) is 0 Å². The fourth-order valence-electron chi connectivity index (χ4n) is 2.59. The standard InChI is InChI=1S/C18H18FNO3/c19-16-8-6-15(7-9-16)17-13-22-11-10-20(17)18(21)23-12-14-4-2-1-3-5-14/h1-9,17H,10-13H2. The highest BCUT2D eigenvalue weighted by Gasteiger charge is 2.29. The molecule has 0 N–H and O–H groups in total. The molecule has 23 heavy (non-hydrogen) atoms. The molecular weight excluding hydrogens is 297 g/mol. The summed E-state index contributed by atoms with van der Waals surface area (Å²) in [5.41, 5.74) is 1.77. The molecule has 1 amide bonds. The second-order valence-corrected chi connectivity index (χ2v) is 5.38. The van der Waals surface area contributed by atoms with Crippen molar-refractivity contribution in [1.82, 2.24) is 4.90 Å². The Balaban J connectivity index is 1.68. The zero-order chi connectivity index (χ0) is 16.1. The molecule has 0 radical (unpaired) electrons. The quantitative estimate of drug-likeness (QED) is 0.869. The second-order valence-electron chi connectivity index (χ2n) is 5.38. The van der Waals surface area contributed by atoms with Crippen LogP contribution in [-0.2, 0) is 16.1 Å². The molecule has 1 aliphatic rings. The number of halogens is 1. The molecule has 0 saturated carbocycles. The number of rotatable bonds is 3. The first kappa shape index (κ1) is 15.5. The van der Waals surface area contributed by atoms with Crippen LogP contribution in [0.2, 0.25) is 0 Å². The summed E-state index contributed by atoms with van der Waals surface area (Å²) in [5.74, 6) is -0.302. The lowest BCUT2D eigenvalue weighted by atomic mass is 10.1. The molecule has 0 aromatic heterocycles. The lowest BCUT2D eigenvalue weighted by Gasteiger charge is -2.35. The van der Waals surface area contributed by atoms with Crippen LogP contribution >= 0.6 is 0 Å². The predicted octanol–water partition coefficient (Wildman–Crippen LogP) is 3.54. The van der Waals surface area contributed by atoms with Crippen molar-refractivity contribution in [2.24, 2.45) is 0 Å². The number of ether oxygens (including phenoxy) is 2. The zero-order valence-corrected chi connectivity index (χ0v) is 12.7. The zero-order valence-electron chi connectivity index (χ0n) is 12.7. The Morgan fingerprint density at radius 1 is 1.17 bits per heavy atom. The molecule has 1 aliphatic heterocycles. The number of morpholine rings is 1. The summed E-state index contributed by atoms with van der Waals surface area (Å²) in [6.45, 7) is 1.53. The fraction of sp³-hybridized carbons (Fsp3) is 0.278. The second kappa shape index (κ2) is 7.24. The summed E-state index contributed by atoms with van der Waals surface area (Å²) in [6, 6.07) is 15.4. The third-order valence-corrected chi connectivity index (χ3v) is 3.82. The van der Waals surface area contributed by atoms with Crippen LogP contribution in [0.1, 0.15) is 17.2 Å². The van der Waals surface area contributed by atoms with Crippen molar-refractivity contribution in [2.45, 2.75) is 12.6 Å². The first-order valence-electron chi connectivity index (χ1n) is 7.54. The van der Waals surface area contributed by atoms with Crippen molar-refractivity contribution < 1.29 is 18.7 Å². The van der Waals surface area contributed by atoms with Gasteiger partial charge in [-0.25, -0.2) is 9.18 Å². The number of hydrogen-bond acceptors (Lipinski definition) is 3. The average molecular weight is 315 g/mol. The molecule has 0 aliphatic carbocycles. The SMILES string of the molecule is O=C(OCc1ccccc1)N1CCOCC1c1ccc(F)cc1. The van der Waals surface area contributed by atoms with Crippen molar-refractivity contribution >= 4 is 6.09 Å². The molecule has 1 heterocycles. The smallest absolute Gasteiger partial charge is 0.410 e. The maximum Gasteiger partial charge on any atom is 0.410 e. The molecule has 1 fully saturated rings. The fourth-order valence-corrected chi connectivity index (χ4v) is 2.59. The first-order chi connectivity index (χ1) is 11.2. The van der Waals surface area contributed by atoms with Gasteiger partial charge in [0.2, 0.25) is 0 Å². The van der Waals surface area contributed by atoms with E-state index in [1.807, 2.05) is 30.3 Å². The van der Waals surface area contributed by atoms with Crippen molar-refractivity contribution in [2.75, 3.05) is 19.8 Å². The lowest BCUT2D eigenvalue weighted by molar-refractivity contribution is -0.0116. The highest BCUT2D eigenvalue weighted by Crippen LogP contribution is 2.25. The minimum absolute atomic E-state index is 0.229. The van der Waals surface area contributed by atoms with Gasteiger partial charge in [0.05, 0.1) is 19.3 Å². The Morgan fingerprint density at radius 3 is 2.65 bits per heavy atom. The minimum Gasteiger partial charge on any atom is -0.445 e. The van der Waals surface area contributed by atoms with E-state index in [9.17, 15) is 9.18 Å². The molecule has 1 saturated heterocycles. The summed E-state index contributed by atoms with van der Waals surface area (Å²) in [5, 5.41) is 0. The number of hydrogen-bond donors (Lipinski definition) is 0. The van der Waals surface area contributed by atoms with E-state index in [1.54, 1.807) is 17.0 Å². The molecule has 2 aromatic carbocycles. The van der Waals surface area contributed by atoms with E-state index in [1.165, 1.54) is 12.1 Å². The van der Waals surface area contributed by atoms with Crippen molar-refractivity contribution in [3.63, 3.8) is 0 Å². The largest absolute Gasteiger partial charge is 0.445 e. The van der Waals surface area contributed by atoms with Gasteiger partial charge in [-0.3, -0.25) is 4.90 Å². The van der Waals surface area contributed by atoms with E-state index in [0.29, 0.717) is 19.8 Å². The van der Waals surface area contributed by atoms with Gasteiger partial charge in [-0.2, -0.15) is 0 Å². The molecule has 0 bridgehead atoms. The number of carbonyl (C=O) groups excluding carboxylic acids is 1. The van der Waals surface area contributed by atoms with E-state index >= 15 is 0 Å². The van der Waals surface area contributed by atoms with Crippen LogP contribution in [0.4, 0.5) is 9.18 Å². The number of carbonyl (C=O) groups is 1. The normalized spacial score (nSPS) is 17.8. The van der Waals surface area contributed by atoms with Crippen LogP contribution in [0, 0.1) is 5.82 Å². The van der Waals surface area contributed by atoms with Gasteiger partial charge < -0.3 is 9.47 Å². The summed E-state index contributed by atoms with van der Waals surface area (Å²) in [7, 11) is 0. The van der Waals surface area contributed by atoms with Crippen molar-refractivity contribution in [3.8, 4) is 0 Å². The van der Waals surface area contributed by atoms with Gasteiger partial charge in [0.1, 0.15) is 12.4 Å². The van der Waals surface area contributed by atoms with E-state index in [0.717, 1.165) is 11.1 Å². The Bertz CT molecular complexity index is 645. The Labute approximate surface area is 134 Å². The molecular formula is C18H18FNO3. The van der Waals surface area contributed by atoms with Crippen LogP contribution in [0.5, 0.6) is 0 Å². The van der Waals surface area contributed by atoms with E-state index in [2.05, 4.69) is 0 Å². The van der Waals surface area contributed by atoms with Crippen LogP contribution in [0.25, 0.3) is 0 Å². The minimum atomic E-state index is -0.383. The number of amides is 1. The predicted molar refractivity (Wildman–Crippen MR) is 83.3 cm³/mol. The molecule has 1 unspecified atom stereocenters. The van der Waals surface area contributed by atoms with Gasteiger partial charge in [-0.1, -0.05) is 42.5 Å². The molecule has 1 atom stereocenters. The van der Waals surface area contributed by atoms with Crippen LogP contribution < -0.4 is 0 Å². The van der Waals surface area contributed by atoms with Crippen LogP contribution in [0.15, 0.2) is 54.6 Å². The van der Waals surface area contributed by atoms with E-state index in [4.69, 9.17) is 9.47 Å². The van der Waals surface area contributed by atoms with Gasteiger partial charge in [0, 0.05) is 6.54 Å². The highest BCUT2D eigenvalue weighted by atomic mass is 19.1. The summed E-state index contributed by atoms with van der Waals surface area (Å²) >= 11 is 0. The maximum absolute atomic E-state index is 13.1. The Kier molecular flexibility index (Phi) is 4.88. The molecule has 4 nitrogen and oxygen atoms in total. The maximum atomic E-state index is 13.1. The van der Waals surface area contributed by atoms with Crippen molar-refractivity contribution in [3.05, 3.63) is 71.5 Å². The van der Waals surface area contributed by atoms with Gasteiger partial charge >= 0.3 is 6.09 Å². The highest BCUT2D eigenvalue weighted by molar-refractivity contribution is 5.68. The van der Waals surface area contributed by atoms with Crippen LogP contribution in [0.3, 0.4) is 0 Å². The number of nitrogens with zero attached hydrogens (tertiary/aromatic N) is 1. The Hall–Kier alpha value is -2.40. The average Bonchev–Trinajstić information content (AvgIpc) is 2.61. The summed E-state index contributed by atoms with van der Waals surface area (Å²) in [4.78, 5) is 14.0. The number of benzene rings is 2.